The number of aliphatic carboxylic acids is 1. The van der Waals surface area contributed by atoms with Crippen LogP contribution in [0.25, 0.3) is 0 Å². The number of hydrogen-bond donors (Lipinski definition) is 3. The molecule has 17 heavy (non-hydrogen) atoms. The van der Waals surface area contributed by atoms with Crippen LogP contribution in [0.3, 0.4) is 0 Å². The van der Waals surface area contributed by atoms with E-state index in [1.54, 1.807) is 6.92 Å². The van der Waals surface area contributed by atoms with Crippen LogP contribution < -0.4 is 11.1 Å². The van der Waals surface area contributed by atoms with Gasteiger partial charge in [-0.05, 0) is 12.8 Å². The lowest BCUT2D eigenvalue weighted by Crippen LogP contribution is -2.48. The minimum atomic E-state index is -0.887. The first-order valence-electron chi connectivity index (χ1n) is 5.81. The number of hydrogen-bond acceptors (Lipinski definition) is 4. The molecule has 0 aromatic carbocycles. The van der Waals surface area contributed by atoms with Gasteiger partial charge in [0.05, 0.1) is 5.41 Å². The number of carbonyl (C=O) groups excluding carboxylic acids is 1. The van der Waals surface area contributed by atoms with Crippen molar-refractivity contribution in [3.8, 4) is 0 Å². The predicted octanol–water partition coefficient (Wildman–Crippen LogP) is -0.421. The number of carboxylic acids is 1. The maximum atomic E-state index is 11.6. The summed E-state index contributed by atoms with van der Waals surface area (Å²) in [5.74, 6) is -1.36. The third-order valence-electron chi connectivity index (χ3n) is 3.31. The molecule has 1 atom stereocenters. The van der Waals surface area contributed by atoms with Crippen molar-refractivity contribution >= 4 is 11.9 Å². The molecule has 1 aliphatic heterocycles. The number of carboxylic acid groups (broad SMARTS) is 1. The van der Waals surface area contributed by atoms with Crippen LogP contribution >= 0.6 is 0 Å². The Morgan fingerprint density at radius 1 is 1.47 bits per heavy atom. The fourth-order valence-electron chi connectivity index (χ4n) is 1.77. The fourth-order valence-corrected chi connectivity index (χ4v) is 1.77. The lowest BCUT2D eigenvalue weighted by atomic mass is 9.80. The first kappa shape index (κ1) is 13.9. The van der Waals surface area contributed by atoms with Crippen molar-refractivity contribution in [1.82, 2.24) is 5.32 Å². The fraction of sp³-hybridized carbons (Fsp3) is 0.818. The Balaban J connectivity index is 2.56. The smallest absolute Gasteiger partial charge is 0.311 e. The molecule has 4 N–H and O–H groups in total. The van der Waals surface area contributed by atoms with Crippen LogP contribution in [-0.4, -0.2) is 43.3 Å². The molecule has 1 aliphatic rings. The van der Waals surface area contributed by atoms with Crippen molar-refractivity contribution in [3.05, 3.63) is 0 Å². The molecule has 0 aliphatic carbocycles. The van der Waals surface area contributed by atoms with Crippen molar-refractivity contribution < 1.29 is 19.4 Å². The van der Waals surface area contributed by atoms with Crippen molar-refractivity contribution in [2.45, 2.75) is 19.8 Å². The number of rotatable bonds is 5. The van der Waals surface area contributed by atoms with E-state index in [1.807, 2.05) is 0 Å². The third-order valence-corrected chi connectivity index (χ3v) is 3.31. The van der Waals surface area contributed by atoms with Crippen LogP contribution in [-0.2, 0) is 14.3 Å². The predicted molar refractivity (Wildman–Crippen MR) is 61.3 cm³/mol. The maximum absolute atomic E-state index is 11.6. The molecule has 0 aromatic heterocycles. The SMILES string of the molecule is CC(CN)C(=O)NCC1(C(=O)O)CCOCC1. The zero-order chi connectivity index (χ0) is 12.9. The van der Waals surface area contributed by atoms with Gasteiger partial charge in [-0.2, -0.15) is 0 Å². The van der Waals surface area contributed by atoms with E-state index in [0.29, 0.717) is 26.1 Å². The summed E-state index contributed by atoms with van der Waals surface area (Å²) in [5.41, 5.74) is 4.49. The summed E-state index contributed by atoms with van der Waals surface area (Å²) < 4.78 is 5.15. The molecule has 0 saturated carbocycles. The highest BCUT2D eigenvalue weighted by atomic mass is 16.5. The molecule has 1 saturated heterocycles. The van der Waals surface area contributed by atoms with E-state index < -0.39 is 11.4 Å². The van der Waals surface area contributed by atoms with Crippen molar-refractivity contribution in [1.29, 1.82) is 0 Å². The summed E-state index contributed by atoms with van der Waals surface area (Å²) in [7, 11) is 0. The Morgan fingerprint density at radius 2 is 2.06 bits per heavy atom. The Morgan fingerprint density at radius 3 is 2.53 bits per heavy atom. The van der Waals surface area contributed by atoms with Crippen LogP contribution in [0, 0.1) is 11.3 Å². The van der Waals surface area contributed by atoms with Gasteiger partial charge in [0, 0.05) is 32.2 Å². The Bertz CT molecular complexity index is 287. The van der Waals surface area contributed by atoms with E-state index in [0.717, 1.165) is 0 Å². The highest BCUT2D eigenvalue weighted by Gasteiger charge is 2.40. The summed E-state index contributed by atoms with van der Waals surface area (Å²) in [4.78, 5) is 22.9. The molecule has 1 unspecified atom stereocenters. The van der Waals surface area contributed by atoms with Gasteiger partial charge in [-0.3, -0.25) is 9.59 Å². The topological polar surface area (TPSA) is 102 Å². The highest BCUT2D eigenvalue weighted by Crippen LogP contribution is 2.30. The average molecular weight is 244 g/mol. The molecular formula is C11H20N2O4. The Hall–Kier alpha value is -1.14. The van der Waals surface area contributed by atoms with Gasteiger partial charge in [0.2, 0.25) is 5.91 Å². The molecule has 1 fully saturated rings. The largest absolute Gasteiger partial charge is 0.481 e. The molecule has 0 aromatic rings. The van der Waals surface area contributed by atoms with Gasteiger partial charge >= 0.3 is 5.97 Å². The zero-order valence-electron chi connectivity index (χ0n) is 10.1. The molecule has 0 spiro atoms. The normalized spacial score (nSPS) is 20.6. The Kier molecular flexibility index (Phi) is 4.89. The van der Waals surface area contributed by atoms with Crippen molar-refractivity contribution in [2.75, 3.05) is 26.3 Å². The molecule has 1 amide bonds. The first-order chi connectivity index (χ1) is 8.02. The molecule has 1 rings (SSSR count). The summed E-state index contributed by atoms with van der Waals surface area (Å²) >= 11 is 0. The quantitative estimate of drug-likeness (QED) is 0.609. The highest BCUT2D eigenvalue weighted by molar-refractivity contribution is 5.80. The molecule has 6 heteroatoms. The maximum Gasteiger partial charge on any atom is 0.311 e. The second kappa shape index (κ2) is 5.97. The van der Waals surface area contributed by atoms with Gasteiger partial charge in [0.1, 0.15) is 0 Å². The molecular weight excluding hydrogens is 224 g/mol. The van der Waals surface area contributed by atoms with E-state index in [-0.39, 0.29) is 24.9 Å². The number of carbonyl (C=O) groups is 2. The third kappa shape index (κ3) is 3.41. The molecule has 98 valence electrons. The van der Waals surface area contributed by atoms with Gasteiger partial charge in [0.25, 0.3) is 0 Å². The standard InChI is InChI=1S/C11H20N2O4/c1-8(6-12)9(14)13-7-11(10(15)16)2-4-17-5-3-11/h8H,2-7,12H2,1H3,(H,13,14)(H,15,16). The molecule has 0 bridgehead atoms. The number of nitrogens with two attached hydrogens (primary N) is 1. The van der Waals surface area contributed by atoms with Crippen LogP contribution in [0.5, 0.6) is 0 Å². The minimum Gasteiger partial charge on any atom is -0.481 e. The molecule has 0 radical (unpaired) electrons. The average Bonchev–Trinajstić information content (AvgIpc) is 2.35. The monoisotopic (exact) mass is 244 g/mol. The summed E-state index contributed by atoms with van der Waals surface area (Å²) in [6.07, 6.45) is 0.860. The van der Waals surface area contributed by atoms with Gasteiger partial charge in [-0.1, -0.05) is 6.92 Å². The van der Waals surface area contributed by atoms with E-state index in [4.69, 9.17) is 10.5 Å². The van der Waals surface area contributed by atoms with E-state index >= 15 is 0 Å². The van der Waals surface area contributed by atoms with Crippen LogP contribution in [0.1, 0.15) is 19.8 Å². The van der Waals surface area contributed by atoms with Crippen molar-refractivity contribution in [2.24, 2.45) is 17.1 Å². The van der Waals surface area contributed by atoms with Gasteiger partial charge < -0.3 is 20.9 Å². The summed E-state index contributed by atoms with van der Waals surface area (Å²) in [6, 6.07) is 0. The second-order valence-corrected chi connectivity index (χ2v) is 4.55. The lowest BCUT2D eigenvalue weighted by molar-refractivity contribution is -0.154. The van der Waals surface area contributed by atoms with Crippen LogP contribution in [0.2, 0.25) is 0 Å². The lowest BCUT2D eigenvalue weighted by Gasteiger charge is -2.33. The van der Waals surface area contributed by atoms with Gasteiger partial charge in [-0.15, -0.1) is 0 Å². The molecule has 1 heterocycles. The first-order valence-corrected chi connectivity index (χ1v) is 5.81. The van der Waals surface area contributed by atoms with Crippen LogP contribution in [0.15, 0.2) is 0 Å². The minimum absolute atomic E-state index is 0.148. The number of ether oxygens (including phenoxy) is 1. The van der Waals surface area contributed by atoms with Crippen molar-refractivity contribution in [3.63, 3.8) is 0 Å². The summed E-state index contributed by atoms with van der Waals surface area (Å²) in [6.45, 7) is 2.97. The Labute approximate surface area is 101 Å². The van der Waals surface area contributed by atoms with Crippen LogP contribution in [0.4, 0.5) is 0 Å². The van der Waals surface area contributed by atoms with E-state index in [2.05, 4.69) is 5.32 Å². The van der Waals surface area contributed by atoms with E-state index in [1.165, 1.54) is 0 Å². The summed E-state index contributed by atoms with van der Waals surface area (Å²) in [5, 5.41) is 11.9. The second-order valence-electron chi connectivity index (χ2n) is 4.55. The zero-order valence-corrected chi connectivity index (χ0v) is 10.1. The molecule has 6 nitrogen and oxygen atoms in total. The number of nitrogens with one attached hydrogen (secondary N) is 1. The number of amides is 1. The van der Waals surface area contributed by atoms with Gasteiger partial charge in [-0.25, -0.2) is 0 Å². The van der Waals surface area contributed by atoms with Gasteiger partial charge in [0.15, 0.2) is 0 Å². The van der Waals surface area contributed by atoms with E-state index in [9.17, 15) is 14.7 Å².